The first kappa shape index (κ1) is 28.6. The number of aromatic carboxylic acids is 2. The summed E-state index contributed by atoms with van der Waals surface area (Å²) in [7, 11) is 0. The van der Waals surface area contributed by atoms with E-state index in [1.807, 2.05) is 60.7 Å². The monoisotopic (exact) mass is 524 g/mol. The average Bonchev–Trinajstić information content (AvgIpc) is 2.89. The SMILES string of the molecule is Nc1nc(Cl)ccc1C(=O)O.Nc1nc(OCc2ccccc2)ccc1C(=O)O.OCc1ccccc1. The second kappa shape index (κ2) is 14.7. The summed E-state index contributed by atoms with van der Waals surface area (Å²) < 4.78 is 5.42. The van der Waals surface area contributed by atoms with Crippen molar-refractivity contribution in [1.29, 1.82) is 0 Å². The second-order valence-electron chi connectivity index (χ2n) is 7.18. The van der Waals surface area contributed by atoms with Gasteiger partial charge in [0, 0.05) is 6.07 Å². The normalized spacial score (nSPS) is 9.68. The van der Waals surface area contributed by atoms with E-state index in [1.165, 1.54) is 24.3 Å². The number of hydrogen-bond acceptors (Lipinski definition) is 8. The van der Waals surface area contributed by atoms with Crippen LogP contribution in [-0.4, -0.2) is 37.2 Å². The molecule has 4 rings (SSSR count). The van der Waals surface area contributed by atoms with Gasteiger partial charge in [0.2, 0.25) is 5.88 Å². The van der Waals surface area contributed by atoms with Gasteiger partial charge < -0.3 is 31.5 Å². The van der Waals surface area contributed by atoms with Crippen molar-refractivity contribution in [1.82, 2.24) is 9.97 Å². The van der Waals surface area contributed by atoms with Gasteiger partial charge in [-0.3, -0.25) is 0 Å². The third-order valence-corrected chi connectivity index (χ3v) is 4.72. The van der Waals surface area contributed by atoms with E-state index in [9.17, 15) is 9.59 Å². The molecular formula is C26H25ClN4O6. The van der Waals surface area contributed by atoms with Crippen molar-refractivity contribution in [2.45, 2.75) is 13.2 Å². The Morgan fingerprint density at radius 3 is 1.65 bits per heavy atom. The number of carboxylic acid groups (broad SMARTS) is 2. The minimum Gasteiger partial charge on any atom is -0.478 e. The van der Waals surface area contributed by atoms with E-state index in [4.69, 9.17) is 43.1 Å². The molecule has 2 aromatic heterocycles. The lowest BCUT2D eigenvalue weighted by Crippen LogP contribution is -2.06. The molecule has 4 aromatic rings. The highest BCUT2D eigenvalue weighted by Crippen LogP contribution is 2.16. The maximum Gasteiger partial charge on any atom is 0.339 e. The Balaban J connectivity index is 0.000000215. The standard InChI is InChI=1S/C13H12N2O3.C7H8O.C6H5ClN2O2/c14-12-10(13(16)17)6-7-11(15-12)18-8-9-4-2-1-3-5-9;8-6-7-4-2-1-3-5-7;7-4-2-1-3(6(10)11)5(8)9-4/h1-7H,8H2,(H2,14,15)(H,16,17);1-5,8H,6H2;1-2H,(H2,8,9)(H,10,11). The van der Waals surface area contributed by atoms with Gasteiger partial charge in [0.1, 0.15) is 34.5 Å². The summed E-state index contributed by atoms with van der Waals surface area (Å²) in [5, 5.41) is 26.0. The van der Waals surface area contributed by atoms with Crippen LogP contribution >= 0.6 is 11.6 Å². The van der Waals surface area contributed by atoms with Crippen LogP contribution in [0.3, 0.4) is 0 Å². The van der Waals surface area contributed by atoms with E-state index in [1.54, 1.807) is 0 Å². The highest BCUT2D eigenvalue weighted by Gasteiger charge is 2.10. The zero-order valence-electron chi connectivity index (χ0n) is 19.5. The molecule has 0 bridgehead atoms. The zero-order chi connectivity index (χ0) is 27.2. The van der Waals surface area contributed by atoms with Gasteiger partial charge in [0.15, 0.2) is 0 Å². The Bertz CT molecular complexity index is 1310. The molecule has 10 nitrogen and oxygen atoms in total. The highest BCUT2D eigenvalue weighted by molar-refractivity contribution is 6.29. The van der Waals surface area contributed by atoms with Gasteiger partial charge in [-0.05, 0) is 29.3 Å². The summed E-state index contributed by atoms with van der Waals surface area (Å²) >= 11 is 5.44. The van der Waals surface area contributed by atoms with Crippen molar-refractivity contribution in [3.63, 3.8) is 0 Å². The fourth-order valence-corrected chi connectivity index (χ4v) is 2.82. The number of aromatic nitrogens is 2. The number of halogens is 1. The lowest BCUT2D eigenvalue weighted by atomic mass is 10.2. The van der Waals surface area contributed by atoms with E-state index in [0.29, 0.717) is 12.5 Å². The van der Waals surface area contributed by atoms with Gasteiger partial charge >= 0.3 is 11.9 Å². The summed E-state index contributed by atoms with van der Waals surface area (Å²) in [6, 6.07) is 24.7. The Morgan fingerprint density at radius 1 is 0.730 bits per heavy atom. The number of anilines is 2. The summed E-state index contributed by atoms with van der Waals surface area (Å²) in [4.78, 5) is 28.6. The predicted octanol–water partition coefficient (Wildman–Crippen LogP) is 4.14. The number of rotatable bonds is 6. The largest absolute Gasteiger partial charge is 0.478 e. The van der Waals surface area contributed by atoms with Crippen LogP contribution < -0.4 is 16.2 Å². The first-order valence-electron chi connectivity index (χ1n) is 10.7. The highest BCUT2D eigenvalue weighted by atomic mass is 35.5. The molecule has 192 valence electrons. The quantitative estimate of drug-likeness (QED) is 0.230. The number of hydrogen-bond donors (Lipinski definition) is 5. The number of benzene rings is 2. The molecular weight excluding hydrogens is 500 g/mol. The van der Waals surface area contributed by atoms with E-state index in [-0.39, 0.29) is 34.5 Å². The zero-order valence-corrected chi connectivity index (χ0v) is 20.2. The Morgan fingerprint density at radius 2 is 1.22 bits per heavy atom. The van der Waals surface area contributed by atoms with Gasteiger partial charge in [0.25, 0.3) is 0 Å². The minimum absolute atomic E-state index is 0.0259. The van der Waals surface area contributed by atoms with E-state index in [0.717, 1.165) is 11.1 Å². The van der Waals surface area contributed by atoms with Gasteiger partial charge in [0.05, 0.1) is 6.61 Å². The number of nitrogens with zero attached hydrogens (tertiary/aromatic N) is 2. The van der Waals surface area contributed by atoms with E-state index in [2.05, 4.69) is 9.97 Å². The molecule has 0 atom stereocenters. The molecule has 37 heavy (non-hydrogen) atoms. The lowest BCUT2D eigenvalue weighted by molar-refractivity contribution is 0.0686. The molecule has 2 heterocycles. The minimum atomic E-state index is -1.10. The van der Waals surface area contributed by atoms with E-state index < -0.39 is 11.9 Å². The number of aliphatic hydroxyl groups is 1. The Hall–Kier alpha value is -4.67. The molecule has 0 spiro atoms. The van der Waals surface area contributed by atoms with Crippen molar-refractivity contribution in [3.05, 3.63) is 112 Å². The van der Waals surface area contributed by atoms with Crippen molar-refractivity contribution in [2.24, 2.45) is 0 Å². The van der Waals surface area contributed by atoms with Crippen LogP contribution in [0, 0.1) is 0 Å². The molecule has 0 fully saturated rings. The Kier molecular flexibility index (Phi) is 11.3. The molecule has 0 aliphatic rings. The van der Waals surface area contributed by atoms with Gasteiger partial charge in [-0.2, -0.15) is 4.98 Å². The van der Waals surface area contributed by atoms with Crippen LogP contribution in [0.2, 0.25) is 5.15 Å². The Labute approximate surface area is 217 Å². The summed E-state index contributed by atoms with van der Waals surface area (Å²) in [5.74, 6) is -2.01. The third-order valence-electron chi connectivity index (χ3n) is 4.51. The van der Waals surface area contributed by atoms with Crippen molar-refractivity contribution >= 4 is 35.2 Å². The first-order valence-corrected chi connectivity index (χ1v) is 11.1. The number of carbonyl (C=O) groups is 2. The van der Waals surface area contributed by atoms with Crippen LogP contribution in [0.5, 0.6) is 5.88 Å². The van der Waals surface area contributed by atoms with Crippen molar-refractivity contribution in [3.8, 4) is 5.88 Å². The van der Waals surface area contributed by atoms with E-state index >= 15 is 0 Å². The number of ether oxygens (including phenoxy) is 1. The maximum atomic E-state index is 10.8. The molecule has 2 aromatic carbocycles. The van der Waals surface area contributed by atoms with Crippen LogP contribution in [-0.2, 0) is 13.2 Å². The first-order chi connectivity index (χ1) is 17.7. The number of pyridine rings is 2. The second-order valence-corrected chi connectivity index (χ2v) is 7.56. The molecule has 0 saturated heterocycles. The fraction of sp³-hybridized carbons (Fsp3) is 0.0769. The molecule has 0 aliphatic carbocycles. The smallest absolute Gasteiger partial charge is 0.339 e. The molecule has 0 aliphatic heterocycles. The number of carboxylic acids is 2. The molecule has 0 saturated carbocycles. The van der Waals surface area contributed by atoms with Crippen LogP contribution in [0.4, 0.5) is 11.6 Å². The van der Waals surface area contributed by atoms with Gasteiger partial charge in [-0.25, -0.2) is 14.6 Å². The molecule has 0 radical (unpaired) electrons. The molecule has 7 N–H and O–H groups in total. The van der Waals surface area contributed by atoms with Crippen molar-refractivity contribution in [2.75, 3.05) is 11.5 Å². The van der Waals surface area contributed by atoms with Gasteiger partial charge in [-0.15, -0.1) is 0 Å². The van der Waals surface area contributed by atoms with Crippen LogP contribution in [0.1, 0.15) is 31.8 Å². The average molecular weight is 525 g/mol. The molecule has 0 unspecified atom stereocenters. The maximum absolute atomic E-state index is 10.8. The summed E-state index contributed by atoms with van der Waals surface area (Å²) in [6.45, 7) is 0.501. The summed E-state index contributed by atoms with van der Waals surface area (Å²) in [6.07, 6.45) is 0. The fourth-order valence-electron chi connectivity index (χ4n) is 2.66. The third kappa shape index (κ3) is 9.84. The van der Waals surface area contributed by atoms with Crippen LogP contribution in [0.25, 0.3) is 0 Å². The number of aliphatic hydroxyl groups excluding tert-OH is 1. The summed E-state index contributed by atoms with van der Waals surface area (Å²) in [5.41, 5.74) is 12.7. The molecule has 11 heteroatoms. The number of nitrogens with two attached hydrogens (primary N) is 2. The lowest BCUT2D eigenvalue weighted by Gasteiger charge is -2.07. The predicted molar refractivity (Wildman–Crippen MR) is 139 cm³/mol. The molecule has 0 amide bonds. The number of nitrogen functional groups attached to an aromatic ring is 2. The van der Waals surface area contributed by atoms with Crippen LogP contribution in [0.15, 0.2) is 84.9 Å². The van der Waals surface area contributed by atoms with Crippen molar-refractivity contribution < 1.29 is 29.6 Å². The van der Waals surface area contributed by atoms with Gasteiger partial charge in [-0.1, -0.05) is 72.3 Å². The topological polar surface area (TPSA) is 182 Å².